The first kappa shape index (κ1) is 10.2. The number of hydrogen-bond acceptors (Lipinski definition) is 4. The monoisotopic (exact) mass is 221 g/mol. The lowest BCUT2D eigenvalue weighted by Gasteiger charge is -2.16. The molecule has 1 aromatic carbocycles. The number of anilines is 2. The Hall–Kier alpha value is -1.29. The van der Waals surface area contributed by atoms with Gasteiger partial charge in [0, 0.05) is 18.8 Å². The molecule has 15 heavy (non-hydrogen) atoms. The average Bonchev–Trinajstić information content (AvgIpc) is 2.62. The third-order valence-corrected chi connectivity index (χ3v) is 3.53. The van der Waals surface area contributed by atoms with Gasteiger partial charge in [-0.1, -0.05) is 11.3 Å². The van der Waals surface area contributed by atoms with Crippen LogP contribution in [0.3, 0.4) is 0 Å². The number of rotatable bonds is 3. The highest BCUT2D eigenvalue weighted by Crippen LogP contribution is 2.29. The summed E-state index contributed by atoms with van der Waals surface area (Å²) in [5, 5.41) is 1.08. The second kappa shape index (κ2) is 4.06. The van der Waals surface area contributed by atoms with Crippen LogP contribution in [-0.2, 0) is 0 Å². The molecular weight excluding hydrogens is 206 g/mol. The number of nitrogen functional groups attached to an aromatic ring is 1. The predicted octanol–water partition coefficient (Wildman–Crippen LogP) is 2.72. The summed E-state index contributed by atoms with van der Waals surface area (Å²) in [5.41, 5.74) is 7.50. The Bertz CT molecular complexity index is 460. The summed E-state index contributed by atoms with van der Waals surface area (Å²) in [5.74, 6) is 0. The zero-order chi connectivity index (χ0) is 10.8. The van der Waals surface area contributed by atoms with Gasteiger partial charge >= 0.3 is 0 Å². The highest BCUT2D eigenvalue weighted by molar-refractivity contribution is 7.22. The van der Waals surface area contributed by atoms with Crippen LogP contribution in [0.4, 0.5) is 10.8 Å². The molecule has 0 saturated heterocycles. The van der Waals surface area contributed by atoms with E-state index in [1.165, 1.54) is 4.70 Å². The van der Waals surface area contributed by atoms with E-state index in [4.69, 9.17) is 5.73 Å². The number of fused-ring (bicyclic) bond motifs is 1. The Balaban J connectivity index is 2.46. The molecule has 0 atom stereocenters. The van der Waals surface area contributed by atoms with Gasteiger partial charge in [0.25, 0.3) is 0 Å². The zero-order valence-electron chi connectivity index (χ0n) is 9.03. The van der Waals surface area contributed by atoms with Gasteiger partial charge in [-0.2, -0.15) is 0 Å². The van der Waals surface area contributed by atoms with Crippen molar-refractivity contribution in [2.24, 2.45) is 0 Å². The van der Waals surface area contributed by atoms with E-state index in [1.54, 1.807) is 11.3 Å². The predicted molar refractivity (Wildman–Crippen MR) is 67.6 cm³/mol. The molecule has 0 aliphatic heterocycles. The van der Waals surface area contributed by atoms with E-state index in [0.717, 1.165) is 29.4 Å². The summed E-state index contributed by atoms with van der Waals surface area (Å²) in [6.45, 7) is 6.27. The maximum atomic E-state index is 5.73. The van der Waals surface area contributed by atoms with E-state index in [-0.39, 0.29) is 0 Å². The van der Waals surface area contributed by atoms with Crippen LogP contribution in [0.15, 0.2) is 18.2 Å². The fraction of sp³-hybridized carbons (Fsp3) is 0.364. The van der Waals surface area contributed by atoms with Gasteiger partial charge in [-0.15, -0.1) is 0 Å². The minimum Gasteiger partial charge on any atom is -0.399 e. The molecule has 0 saturated carbocycles. The van der Waals surface area contributed by atoms with Crippen molar-refractivity contribution in [3.8, 4) is 0 Å². The summed E-state index contributed by atoms with van der Waals surface area (Å²) < 4.78 is 1.20. The van der Waals surface area contributed by atoms with Gasteiger partial charge in [-0.05, 0) is 32.0 Å². The molecular formula is C11H15N3S. The Morgan fingerprint density at radius 1 is 1.33 bits per heavy atom. The Morgan fingerprint density at radius 2 is 2.07 bits per heavy atom. The molecule has 80 valence electrons. The lowest BCUT2D eigenvalue weighted by Crippen LogP contribution is -2.21. The van der Waals surface area contributed by atoms with E-state index in [2.05, 4.69) is 23.7 Å². The number of aromatic nitrogens is 1. The van der Waals surface area contributed by atoms with Crippen LogP contribution in [0.1, 0.15) is 13.8 Å². The van der Waals surface area contributed by atoms with Gasteiger partial charge in [-0.3, -0.25) is 0 Å². The molecule has 4 heteroatoms. The third-order valence-electron chi connectivity index (χ3n) is 2.43. The second-order valence-corrected chi connectivity index (χ2v) is 4.40. The highest BCUT2D eigenvalue weighted by Gasteiger charge is 2.08. The largest absolute Gasteiger partial charge is 0.399 e. The molecule has 0 fully saturated rings. The van der Waals surface area contributed by atoms with Crippen molar-refractivity contribution in [3.63, 3.8) is 0 Å². The Morgan fingerprint density at radius 3 is 2.73 bits per heavy atom. The highest BCUT2D eigenvalue weighted by atomic mass is 32.1. The Kier molecular flexibility index (Phi) is 2.77. The summed E-state index contributed by atoms with van der Waals surface area (Å²) in [6.07, 6.45) is 0. The first-order valence-electron chi connectivity index (χ1n) is 5.15. The zero-order valence-corrected chi connectivity index (χ0v) is 9.84. The summed E-state index contributed by atoms with van der Waals surface area (Å²) in [6, 6.07) is 5.89. The number of hydrogen-bond donors (Lipinski definition) is 1. The summed E-state index contributed by atoms with van der Waals surface area (Å²) >= 11 is 1.72. The minimum absolute atomic E-state index is 0.777. The average molecular weight is 221 g/mol. The molecule has 2 rings (SSSR count). The molecule has 1 aromatic heterocycles. The van der Waals surface area contributed by atoms with Crippen LogP contribution in [0.25, 0.3) is 10.2 Å². The molecule has 3 nitrogen and oxygen atoms in total. The molecule has 0 spiro atoms. The van der Waals surface area contributed by atoms with Gasteiger partial charge in [0.05, 0.1) is 10.2 Å². The lowest BCUT2D eigenvalue weighted by atomic mass is 10.3. The van der Waals surface area contributed by atoms with Crippen molar-refractivity contribution in [2.45, 2.75) is 13.8 Å². The van der Waals surface area contributed by atoms with Crippen LogP contribution in [0.2, 0.25) is 0 Å². The van der Waals surface area contributed by atoms with Crippen molar-refractivity contribution >= 4 is 32.4 Å². The van der Waals surface area contributed by atoms with Crippen molar-refractivity contribution in [1.29, 1.82) is 0 Å². The van der Waals surface area contributed by atoms with Gasteiger partial charge in [0.15, 0.2) is 5.13 Å². The van der Waals surface area contributed by atoms with Crippen molar-refractivity contribution < 1.29 is 0 Å². The van der Waals surface area contributed by atoms with Crippen LogP contribution in [0.5, 0.6) is 0 Å². The molecule has 0 amide bonds. The molecule has 0 bridgehead atoms. The minimum atomic E-state index is 0.777. The van der Waals surface area contributed by atoms with Gasteiger partial charge in [-0.25, -0.2) is 4.98 Å². The van der Waals surface area contributed by atoms with Crippen molar-refractivity contribution in [3.05, 3.63) is 18.2 Å². The topological polar surface area (TPSA) is 42.2 Å². The molecule has 0 radical (unpaired) electrons. The quantitative estimate of drug-likeness (QED) is 0.810. The number of nitrogens with two attached hydrogens (primary N) is 1. The molecule has 0 aliphatic carbocycles. The first-order chi connectivity index (χ1) is 7.24. The standard InChI is InChI=1S/C11H15N3S/c1-3-14(4-2)11-13-9-7-8(12)5-6-10(9)15-11/h5-7H,3-4,12H2,1-2H3. The van der Waals surface area contributed by atoms with E-state index in [9.17, 15) is 0 Å². The second-order valence-electron chi connectivity index (χ2n) is 3.40. The number of benzene rings is 1. The molecule has 2 N–H and O–H groups in total. The number of thiazole rings is 1. The van der Waals surface area contributed by atoms with Gasteiger partial charge < -0.3 is 10.6 Å². The van der Waals surface area contributed by atoms with E-state index < -0.39 is 0 Å². The molecule has 1 heterocycles. The summed E-state index contributed by atoms with van der Waals surface area (Å²) in [7, 11) is 0. The maximum Gasteiger partial charge on any atom is 0.186 e. The third kappa shape index (κ3) is 1.90. The van der Waals surface area contributed by atoms with E-state index in [0.29, 0.717) is 0 Å². The first-order valence-corrected chi connectivity index (χ1v) is 5.97. The smallest absolute Gasteiger partial charge is 0.186 e. The van der Waals surface area contributed by atoms with Crippen LogP contribution in [0, 0.1) is 0 Å². The lowest BCUT2D eigenvalue weighted by molar-refractivity contribution is 0.862. The van der Waals surface area contributed by atoms with Crippen molar-refractivity contribution in [1.82, 2.24) is 4.98 Å². The maximum absolute atomic E-state index is 5.73. The van der Waals surface area contributed by atoms with E-state index >= 15 is 0 Å². The van der Waals surface area contributed by atoms with Crippen LogP contribution < -0.4 is 10.6 Å². The molecule has 0 aliphatic rings. The van der Waals surface area contributed by atoms with Gasteiger partial charge in [0.2, 0.25) is 0 Å². The Labute approximate surface area is 93.5 Å². The van der Waals surface area contributed by atoms with Gasteiger partial charge in [0.1, 0.15) is 0 Å². The normalized spacial score (nSPS) is 10.8. The van der Waals surface area contributed by atoms with Crippen LogP contribution >= 0.6 is 11.3 Å². The molecule has 0 unspecified atom stereocenters. The fourth-order valence-corrected chi connectivity index (χ4v) is 2.63. The van der Waals surface area contributed by atoms with Crippen molar-refractivity contribution in [2.75, 3.05) is 23.7 Å². The van der Waals surface area contributed by atoms with E-state index in [1.807, 2.05) is 18.2 Å². The molecule has 2 aromatic rings. The number of nitrogens with zero attached hydrogens (tertiary/aromatic N) is 2. The summed E-state index contributed by atoms with van der Waals surface area (Å²) in [4.78, 5) is 6.83. The van der Waals surface area contributed by atoms with Crippen LogP contribution in [-0.4, -0.2) is 18.1 Å². The fourth-order valence-electron chi connectivity index (χ4n) is 1.56. The SMILES string of the molecule is CCN(CC)c1nc2cc(N)ccc2s1.